The van der Waals surface area contributed by atoms with Gasteiger partial charge in [0.25, 0.3) is 0 Å². The van der Waals surface area contributed by atoms with Crippen molar-refractivity contribution in [3.8, 4) is 0 Å². The molecule has 0 bridgehead atoms. The number of aliphatic carboxylic acids is 1. The molecule has 26 heavy (non-hydrogen) atoms. The maximum absolute atomic E-state index is 13.3. The van der Waals surface area contributed by atoms with Crippen molar-refractivity contribution in [3.63, 3.8) is 0 Å². The lowest BCUT2D eigenvalue weighted by Gasteiger charge is -2.29. The van der Waals surface area contributed by atoms with E-state index in [0.29, 0.717) is 18.7 Å². The Hall–Kier alpha value is -2.98. The first-order valence-corrected chi connectivity index (χ1v) is 8.43. The first kappa shape index (κ1) is 17.8. The molecule has 3 rings (SSSR count). The molecule has 0 spiro atoms. The number of carboxylic acids is 1. The van der Waals surface area contributed by atoms with Gasteiger partial charge >= 0.3 is 5.97 Å². The van der Waals surface area contributed by atoms with E-state index in [9.17, 15) is 14.3 Å². The lowest BCUT2D eigenvalue weighted by molar-refractivity contribution is -0.144. The van der Waals surface area contributed by atoms with E-state index in [4.69, 9.17) is 0 Å². The van der Waals surface area contributed by atoms with Crippen LogP contribution in [-0.4, -0.2) is 16.0 Å². The first-order valence-electron chi connectivity index (χ1n) is 8.43. The molecule has 1 N–H and O–H groups in total. The van der Waals surface area contributed by atoms with Crippen molar-refractivity contribution in [2.45, 2.75) is 19.1 Å². The summed E-state index contributed by atoms with van der Waals surface area (Å²) < 4.78 is 13.3. The average Bonchev–Trinajstić information content (AvgIpc) is 2.65. The number of hydrogen-bond donors (Lipinski definition) is 1. The molecule has 0 fully saturated rings. The Morgan fingerprint density at radius 3 is 1.69 bits per heavy atom. The van der Waals surface area contributed by atoms with Crippen LogP contribution in [0.3, 0.4) is 0 Å². The summed E-state index contributed by atoms with van der Waals surface area (Å²) in [4.78, 5) is 14.0. The molecule has 132 valence electrons. The van der Waals surface area contributed by atoms with Gasteiger partial charge in [-0.1, -0.05) is 72.8 Å². The second kappa shape index (κ2) is 8.41. The third-order valence-corrected chi connectivity index (χ3v) is 4.24. The Balaban J connectivity index is 1.95. The molecule has 0 aliphatic carbocycles. The summed E-state index contributed by atoms with van der Waals surface area (Å²) in [6, 6.07) is 24.3. The molecule has 3 aromatic rings. The molecule has 1 unspecified atom stereocenters. The van der Waals surface area contributed by atoms with E-state index in [1.807, 2.05) is 65.6 Å². The minimum Gasteiger partial charge on any atom is -0.480 e. The van der Waals surface area contributed by atoms with E-state index in [1.165, 1.54) is 24.3 Å². The van der Waals surface area contributed by atoms with Crippen molar-refractivity contribution >= 4 is 5.97 Å². The van der Waals surface area contributed by atoms with E-state index in [2.05, 4.69) is 0 Å². The summed E-state index contributed by atoms with van der Waals surface area (Å²) in [5.74, 6) is -1.33. The van der Waals surface area contributed by atoms with Crippen LogP contribution in [0.4, 0.5) is 4.39 Å². The van der Waals surface area contributed by atoms with Gasteiger partial charge in [0, 0.05) is 13.1 Å². The van der Waals surface area contributed by atoms with Crippen LogP contribution < -0.4 is 0 Å². The van der Waals surface area contributed by atoms with Crippen LogP contribution in [0.25, 0.3) is 0 Å². The third-order valence-electron chi connectivity index (χ3n) is 4.24. The molecular formula is C22H20FNO2. The standard InChI is InChI=1S/C22H20FNO2/c23-20-13-11-19(12-14-20)21(22(25)26)24(15-17-7-3-1-4-8-17)16-18-9-5-2-6-10-18/h1-14,21H,15-16H2,(H,25,26). The second-order valence-electron chi connectivity index (χ2n) is 6.17. The van der Waals surface area contributed by atoms with Gasteiger partial charge in [0.15, 0.2) is 0 Å². The van der Waals surface area contributed by atoms with Crippen LogP contribution in [0, 0.1) is 5.82 Å². The Morgan fingerprint density at radius 2 is 1.27 bits per heavy atom. The Bertz CT molecular complexity index is 794. The van der Waals surface area contributed by atoms with Crippen molar-refractivity contribution < 1.29 is 14.3 Å². The van der Waals surface area contributed by atoms with Crippen molar-refractivity contribution in [1.82, 2.24) is 4.90 Å². The van der Waals surface area contributed by atoms with Gasteiger partial charge in [0.2, 0.25) is 0 Å². The van der Waals surface area contributed by atoms with E-state index < -0.39 is 12.0 Å². The highest BCUT2D eigenvalue weighted by Gasteiger charge is 2.27. The largest absolute Gasteiger partial charge is 0.480 e. The molecule has 1 atom stereocenters. The SMILES string of the molecule is O=C(O)C(c1ccc(F)cc1)N(Cc1ccccc1)Cc1ccccc1. The fraction of sp³-hybridized carbons (Fsp3) is 0.136. The van der Waals surface area contributed by atoms with Crippen molar-refractivity contribution in [3.05, 3.63) is 107 Å². The van der Waals surface area contributed by atoms with Gasteiger partial charge in [0.05, 0.1) is 0 Å². The van der Waals surface area contributed by atoms with Crippen LogP contribution in [0.5, 0.6) is 0 Å². The predicted molar refractivity (Wildman–Crippen MR) is 98.9 cm³/mol. The number of hydrogen-bond acceptors (Lipinski definition) is 2. The Kier molecular flexibility index (Phi) is 5.77. The normalized spacial score (nSPS) is 12.1. The van der Waals surface area contributed by atoms with Crippen molar-refractivity contribution in [2.24, 2.45) is 0 Å². The molecule has 0 heterocycles. The number of nitrogens with zero attached hydrogens (tertiary/aromatic N) is 1. The predicted octanol–water partition coefficient (Wildman–Crippen LogP) is 4.65. The maximum atomic E-state index is 13.3. The zero-order valence-electron chi connectivity index (χ0n) is 14.3. The highest BCUT2D eigenvalue weighted by atomic mass is 19.1. The third kappa shape index (κ3) is 4.55. The first-order chi connectivity index (χ1) is 12.6. The van der Waals surface area contributed by atoms with E-state index in [1.54, 1.807) is 0 Å². The number of benzene rings is 3. The molecular weight excluding hydrogens is 329 g/mol. The lowest BCUT2D eigenvalue weighted by atomic mass is 10.0. The topological polar surface area (TPSA) is 40.5 Å². The Labute approximate surface area is 152 Å². The fourth-order valence-corrected chi connectivity index (χ4v) is 3.03. The van der Waals surface area contributed by atoms with Crippen molar-refractivity contribution in [2.75, 3.05) is 0 Å². The van der Waals surface area contributed by atoms with Crippen LogP contribution in [0.1, 0.15) is 22.7 Å². The molecule has 3 aromatic carbocycles. The summed E-state index contributed by atoms with van der Waals surface area (Å²) in [5.41, 5.74) is 2.61. The molecule has 0 aliphatic rings. The second-order valence-corrected chi connectivity index (χ2v) is 6.17. The summed E-state index contributed by atoms with van der Waals surface area (Å²) in [7, 11) is 0. The fourth-order valence-electron chi connectivity index (χ4n) is 3.03. The van der Waals surface area contributed by atoms with Crippen LogP contribution in [0.15, 0.2) is 84.9 Å². The molecule has 0 saturated heterocycles. The van der Waals surface area contributed by atoms with Gasteiger partial charge in [-0.05, 0) is 28.8 Å². The molecule has 0 aliphatic heterocycles. The van der Waals surface area contributed by atoms with Gasteiger partial charge in [-0.2, -0.15) is 0 Å². The number of rotatable bonds is 7. The van der Waals surface area contributed by atoms with Gasteiger partial charge in [0.1, 0.15) is 11.9 Å². The highest BCUT2D eigenvalue weighted by molar-refractivity contribution is 5.75. The molecule has 0 radical (unpaired) electrons. The van der Waals surface area contributed by atoms with Crippen LogP contribution in [-0.2, 0) is 17.9 Å². The maximum Gasteiger partial charge on any atom is 0.325 e. The van der Waals surface area contributed by atoms with Crippen LogP contribution >= 0.6 is 0 Å². The minimum absolute atomic E-state index is 0.379. The monoisotopic (exact) mass is 349 g/mol. The van der Waals surface area contributed by atoms with E-state index in [-0.39, 0.29) is 5.82 Å². The quantitative estimate of drug-likeness (QED) is 0.675. The molecule has 4 heteroatoms. The minimum atomic E-state index is -0.955. The number of halogens is 1. The zero-order valence-corrected chi connectivity index (χ0v) is 14.3. The molecule has 3 nitrogen and oxygen atoms in total. The van der Waals surface area contributed by atoms with Gasteiger partial charge < -0.3 is 5.11 Å². The smallest absolute Gasteiger partial charge is 0.325 e. The van der Waals surface area contributed by atoms with E-state index >= 15 is 0 Å². The molecule has 0 amide bonds. The summed E-state index contributed by atoms with van der Waals surface area (Å²) in [6.07, 6.45) is 0. The van der Waals surface area contributed by atoms with Gasteiger partial charge in [-0.25, -0.2) is 4.39 Å². The lowest BCUT2D eigenvalue weighted by Crippen LogP contribution is -2.33. The number of carboxylic acid groups (broad SMARTS) is 1. The van der Waals surface area contributed by atoms with E-state index in [0.717, 1.165) is 11.1 Å². The van der Waals surface area contributed by atoms with Crippen LogP contribution in [0.2, 0.25) is 0 Å². The average molecular weight is 349 g/mol. The summed E-state index contributed by atoms with van der Waals surface area (Å²) in [6.45, 7) is 0.953. The Morgan fingerprint density at radius 1 is 0.808 bits per heavy atom. The van der Waals surface area contributed by atoms with Gasteiger partial charge in [-0.3, -0.25) is 9.69 Å². The number of carbonyl (C=O) groups is 1. The van der Waals surface area contributed by atoms with Gasteiger partial charge in [-0.15, -0.1) is 0 Å². The zero-order chi connectivity index (χ0) is 18.4. The van der Waals surface area contributed by atoms with Crippen molar-refractivity contribution in [1.29, 1.82) is 0 Å². The highest BCUT2D eigenvalue weighted by Crippen LogP contribution is 2.26. The summed E-state index contributed by atoms with van der Waals surface area (Å²) >= 11 is 0. The summed E-state index contributed by atoms with van der Waals surface area (Å²) in [5, 5.41) is 9.89. The molecule has 0 saturated carbocycles. The molecule has 0 aromatic heterocycles.